The normalized spacial score (nSPS) is 10.7. The summed E-state index contributed by atoms with van der Waals surface area (Å²) in [6.45, 7) is 0. The summed E-state index contributed by atoms with van der Waals surface area (Å²) in [5, 5.41) is 2.83. The second kappa shape index (κ2) is 8.76. The summed E-state index contributed by atoms with van der Waals surface area (Å²) < 4.78 is 13.1. The lowest BCUT2D eigenvalue weighted by Gasteiger charge is -2.11. The number of carbonyl (C=O) groups excluding carboxylic acids is 2. The molecule has 0 atom stereocenters. The smallest absolute Gasteiger partial charge is 0.260 e. The number of nitrogen functional groups attached to an aromatic ring is 1. The van der Waals surface area contributed by atoms with Gasteiger partial charge in [-0.1, -0.05) is 22.0 Å². The minimum Gasteiger partial charge on any atom is -0.497 e. The van der Waals surface area contributed by atoms with Gasteiger partial charge < -0.3 is 24.9 Å². The molecule has 2 heterocycles. The molecule has 2 aromatic heterocycles. The van der Waals surface area contributed by atoms with E-state index in [1.807, 2.05) is 0 Å². The molecule has 8 heteroatoms. The van der Waals surface area contributed by atoms with Crippen LogP contribution in [0.4, 0.5) is 11.4 Å². The topological polar surface area (TPSA) is 95.1 Å². The molecule has 3 N–H and O–H groups in total. The number of benzene rings is 2. The molecule has 1 amide bonds. The second-order valence-electron chi connectivity index (χ2n) is 6.95. The summed E-state index contributed by atoms with van der Waals surface area (Å²) in [4.78, 5) is 26.6. The Balaban J connectivity index is 1.79. The van der Waals surface area contributed by atoms with Crippen LogP contribution in [0.15, 0.2) is 71.3 Å². The Labute approximate surface area is 192 Å². The third kappa shape index (κ3) is 3.80. The number of aromatic nitrogens is 1. The lowest BCUT2D eigenvalue weighted by atomic mass is 10.1. The van der Waals surface area contributed by atoms with Gasteiger partial charge in [-0.15, -0.1) is 0 Å². The number of amides is 1. The molecular weight excluding hydrogens is 474 g/mol. The molecule has 0 bridgehead atoms. The van der Waals surface area contributed by atoms with Crippen molar-refractivity contribution in [2.45, 2.75) is 0 Å². The number of pyridine rings is 1. The first-order valence-corrected chi connectivity index (χ1v) is 10.5. The Hall–Kier alpha value is -3.78. The zero-order chi connectivity index (χ0) is 22.8. The van der Waals surface area contributed by atoms with E-state index in [1.54, 1.807) is 78.4 Å². The van der Waals surface area contributed by atoms with Gasteiger partial charge in [0, 0.05) is 22.3 Å². The van der Waals surface area contributed by atoms with Crippen molar-refractivity contribution in [2.75, 3.05) is 25.3 Å². The fourth-order valence-corrected chi connectivity index (χ4v) is 3.79. The number of ketones is 1. The summed E-state index contributed by atoms with van der Waals surface area (Å²) in [7, 11) is 3.05. The number of nitrogens with one attached hydrogen (secondary N) is 1. The molecule has 0 unspecified atom stereocenters. The molecule has 162 valence electrons. The largest absolute Gasteiger partial charge is 0.497 e. The molecule has 0 aliphatic rings. The van der Waals surface area contributed by atoms with Gasteiger partial charge in [0.2, 0.25) is 5.78 Å². The minimum atomic E-state index is -0.454. The quantitative estimate of drug-likeness (QED) is 0.376. The van der Waals surface area contributed by atoms with Crippen molar-refractivity contribution in [2.24, 2.45) is 0 Å². The number of ether oxygens (including phenoxy) is 2. The molecule has 0 saturated carbocycles. The highest BCUT2D eigenvalue weighted by Crippen LogP contribution is 2.32. The van der Waals surface area contributed by atoms with Crippen LogP contribution in [0.25, 0.3) is 5.52 Å². The van der Waals surface area contributed by atoms with Gasteiger partial charge in [-0.2, -0.15) is 0 Å². The van der Waals surface area contributed by atoms with Gasteiger partial charge in [-0.3, -0.25) is 9.59 Å². The number of hydrogen-bond acceptors (Lipinski definition) is 5. The standard InChI is InChI=1S/C24H20BrN3O4/c1-31-16-10-11-17(19(13-16)32-2)27-24(30)20-18-5-3-4-12-28(18)22(21(20)26)23(29)14-6-8-15(25)9-7-14/h3-13H,26H2,1-2H3,(H,27,30). The first kappa shape index (κ1) is 21.5. The number of anilines is 2. The third-order valence-corrected chi connectivity index (χ3v) is 5.62. The Morgan fingerprint density at radius 3 is 2.44 bits per heavy atom. The fraction of sp³-hybridized carbons (Fsp3) is 0.0833. The maximum atomic E-state index is 13.3. The van der Waals surface area contributed by atoms with Crippen LogP contribution in [0.3, 0.4) is 0 Å². The summed E-state index contributed by atoms with van der Waals surface area (Å²) in [6, 6.07) is 17.3. The molecule has 0 aliphatic carbocycles. The number of rotatable bonds is 6. The van der Waals surface area contributed by atoms with Crippen molar-refractivity contribution in [1.29, 1.82) is 0 Å². The minimum absolute atomic E-state index is 0.106. The van der Waals surface area contributed by atoms with E-state index in [4.69, 9.17) is 15.2 Å². The van der Waals surface area contributed by atoms with E-state index in [-0.39, 0.29) is 22.7 Å². The average molecular weight is 494 g/mol. The molecule has 0 spiro atoms. The lowest BCUT2D eigenvalue weighted by molar-refractivity contribution is 0.102. The monoisotopic (exact) mass is 493 g/mol. The van der Waals surface area contributed by atoms with Crippen molar-refractivity contribution in [1.82, 2.24) is 4.40 Å². The molecule has 4 rings (SSSR count). The average Bonchev–Trinajstić information content (AvgIpc) is 3.11. The Bertz CT molecular complexity index is 1330. The maximum Gasteiger partial charge on any atom is 0.260 e. The molecule has 0 fully saturated rings. The van der Waals surface area contributed by atoms with Gasteiger partial charge in [-0.05, 0) is 48.5 Å². The van der Waals surface area contributed by atoms with E-state index in [0.717, 1.165) is 4.47 Å². The zero-order valence-corrected chi connectivity index (χ0v) is 19.0. The number of carbonyl (C=O) groups is 2. The number of fused-ring (bicyclic) bond motifs is 1. The van der Waals surface area contributed by atoms with E-state index < -0.39 is 5.91 Å². The van der Waals surface area contributed by atoms with Crippen molar-refractivity contribution >= 4 is 44.5 Å². The number of nitrogens with two attached hydrogens (primary N) is 1. The van der Waals surface area contributed by atoms with Gasteiger partial charge in [0.15, 0.2) is 0 Å². The number of methoxy groups -OCH3 is 2. The van der Waals surface area contributed by atoms with Crippen LogP contribution in [0.2, 0.25) is 0 Å². The van der Waals surface area contributed by atoms with Crippen LogP contribution in [0.5, 0.6) is 11.5 Å². The first-order valence-electron chi connectivity index (χ1n) is 9.66. The predicted octanol–water partition coefficient (Wildman–Crippen LogP) is 4.78. The summed E-state index contributed by atoms with van der Waals surface area (Å²) in [6.07, 6.45) is 1.71. The van der Waals surface area contributed by atoms with Gasteiger partial charge in [0.05, 0.1) is 36.7 Å². The van der Waals surface area contributed by atoms with Gasteiger partial charge >= 0.3 is 0 Å². The summed E-state index contributed by atoms with van der Waals surface area (Å²) in [5.74, 6) is 0.295. The molecule has 4 aromatic rings. The van der Waals surface area contributed by atoms with Crippen LogP contribution in [-0.4, -0.2) is 30.3 Å². The molecule has 0 saturated heterocycles. The molecule has 0 radical (unpaired) electrons. The van der Waals surface area contributed by atoms with Gasteiger partial charge in [0.25, 0.3) is 5.91 Å². The summed E-state index contributed by atoms with van der Waals surface area (Å²) >= 11 is 3.37. The van der Waals surface area contributed by atoms with Crippen molar-refractivity contribution in [3.8, 4) is 11.5 Å². The van der Waals surface area contributed by atoms with E-state index in [9.17, 15) is 9.59 Å². The highest BCUT2D eigenvalue weighted by molar-refractivity contribution is 9.10. The second-order valence-corrected chi connectivity index (χ2v) is 7.87. The van der Waals surface area contributed by atoms with E-state index >= 15 is 0 Å². The highest BCUT2D eigenvalue weighted by Gasteiger charge is 2.26. The fourth-order valence-electron chi connectivity index (χ4n) is 3.52. The maximum absolute atomic E-state index is 13.3. The third-order valence-electron chi connectivity index (χ3n) is 5.09. The Morgan fingerprint density at radius 2 is 1.75 bits per heavy atom. The highest BCUT2D eigenvalue weighted by atomic mass is 79.9. The van der Waals surface area contributed by atoms with E-state index in [2.05, 4.69) is 21.2 Å². The lowest BCUT2D eigenvalue weighted by Crippen LogP contribution is -2.14. The summed E-state index contributed by atoms with van der Waals surface area (Å²) in [5.41, 5.74) is 8.38. The Kier molecular flexibility index (Phi) is 5.87. The molecule has 0 aliphatic heterocycles. The van der Waals surface area contributed by atoms with Crippen LogP contribution in [-0.2, 0) is 0 Å². The van der Waals surface area contributed by atoms with E-state index in [0.29, 0.717) is 28.3 Å². The number of halogens is 1. The molecule has 7 nitrogen and oxygen atoms in total. The zero-order valence-electron chi connectivity index (χ0n) is 17.4. The van der Waals surface area contributed by atoms with Crippen molar-refractivity contribution in [3.05, 3.63) is 88.2 Å². The Morgan fingerprint density at radius 1 is 1.00 bits per heavy atom. The van der Waals surface area contributed by atoms with Crippen LogP contribution in [0, 0.1) is 0 Å². The first-order chi connectivity index (χ1) is 15.4. The van der Waals surface area contributed by atoms with Crippen molar-refractivity contribution < 1.29 is 19.1 Å². The number of nitrogens with zero attached hydrogens (tertiary/aromatic N) is 1. The van der Waals surface area contributed by atoms with Crippen LogP contribution < -0.4 is 20.5 Å². The molecular formula is C24H20BrN3O4. The van der Waals surface area contributed by atoms with Crippen LogP contribution in [0.1, 0.15) is 26.4 Å². The molecule has 32 heavy (non-hydrogen) atoms. The van der Waals surface area contributed by atoms with E-state index in [1.165, 1.54) is 7.11 Å². The predicted molar refractivity (Wildman–Crippen MR) is 127 cm³/mol. The van der Waals surface area contributed by atoms with Crippen LogP contribution >= 0.6 is 15.9 Å². The van der Waals surface area contributed by atoms with Crippen molar-refractivity contribution in [3.63, 3.8) is 0 Å². The molecule has 2 aromatic carbocycles. The SMILES string of the molecule is COc1ccc(NC(=O)c2c(N)c(C(=O)c3ccc(Br)cc3)n3ccccc23)c(OC)c1. The van der Waals surface area contributed by atoms with Gasteiger partial charge in [-0.25, -0.2) is 0 Å². The number of hydrogen-bond donors (Lipinski definition) is 2. The van der Waals surface area contributed by atoms with Gasteiger partial charge in [0.1, 0.15) is 17.2 Å².